The average Bonchev–Trinajstić information content (AvgIpc) is 3.61. The molecule has 2 aliphatic rings. The van der Waals surface area contributed by atoms with Crippen LogP contribution >= 0.6 is 0 Å². The molecule has 1 N–H and O–H groups in total. The Morgan fingerprint density at radius 3 is 2.61 bits per heavy atom. The smallest absolute Gasteiger partial charge is 0.187 e. The summed E-state index contributed by atoms with van der Waals surface area (Å²) < 4.78 is 39.9. The molecule has 2 aromatic heterocycles. The molecule has 10 heteroatoms. The fraction of sp³-hybridized carbons (Fsp3) is 0.387. The number of aryl methyl sites for hydroxylation is 1. The molecule has 4 heterocycles. The molecule has 9 nitrogen and oxygen atoms in total. The molecule has 0 aliphatic carbocycles. The van der Waals surface area contributed by atoms with Crippen LogP contribution in [0.1, 0.15) is 67.1 Å². The van der Waals surface area contributed by atoms with Crippen molar-refractivity contribution >= 4 is 38.1 Å². The number of ether oxygens (including phenoxy) is 2. The summed E-state index contributed by atoms with van der Waals surface area (Å²) in [5, 5.41) is 3.41. The minimum Gasteiger partial charge on any atom is -0.374 e. The van der Waals surface area contributed by atoms with Gasteiger partial charge in [-0.1, -0.05) is 35.9 Å². The minimum atomic E-state index is -3.55. The molecular formula is C31H33N5O4S. The van der Waals surface area contributed by atoms with Crippen LogP contribution in [0, 0.1) is 13.5 Å². The highest BCUT2D eigenvalue weighted by atomic mass is 32.2. The van der Waals surface area contributed by atoms with E-state index in [-0.39, 0.29) is 17.2 Å². The number of hydrogen-bond donors (Lipinski definition) is 1. The maximum Gasteiger partial charge on any atom is 0.187 e. The molecule has 2 aliphatic heterocycles. The van der Waals surface area contributed by atoms with Crippen molar-refractivity contribution in [3.63, 3.8) is 0 Å². The van der Waals surface area contributed by atoms with E-state index in [4.69, 9.17) is 26.0 Å². The van der Waals surface area contributed by atoms with Gasteiger partial charge in [0, 0.05) is 31.6 Å². The van der Waals surface area contributed by atoms with Gasteiger partial charge in [0.1, 0.15) is 17.6 Å². The van der Waals surface area contributed by atoms with Crippen molar-refractivity contribution in [3.05, 3.63) is 82.6 Å². The summed E-state index contributed by atoms with van der Waals surface area (Å²) in [5.41, 5.74) is 5.65. The first kappa shape index (κ1) is 27.4. The number of benzene rings is 2. The molecule has 2 saturated heterocycles. The van der Waals surface area contributed by atoms with Crippen LogP contribution in [0.2, 0.25) is 0 Å². The number of nitrogens with one attached hydrogen (secondary N) is 1. The van der Waals surface area contributed by atoms with Crippen LogP contribution in [0.25, 0.3) is 16.0 Å². The van der Waals surface area contributed by atoms with Crippen molar-refractivity contribution in [2.75, 3.05) is 24.8 Å². The first-order valence-electron chi connectivity index (χ1n) is 14.0. The number of anilines is 2. The van der Waals surface area contributed by atoms with Crippen LogP contribution < -0.4 is 5.32 Å². The second-order valence-corrected chi connectivity index (χ2v) is 12.8. The van der Waals surface area contributed by atoms with Crippen LogP contribution in [0.5, 0.6) is 0 Å². The Kier molecular flexibility index (Phi) is 7.51. The summed E-state index contributed by atoms with van der Waals surface area (Å²) >= 11 is 0. The molecule has 2 atom stereocenters. The number of aromatic nitrogens is 3. The van der Waals surface area contributed by atoms with E-state index in [1.54, 1.807) is 12.1 Å². The molecule has 0 spiro atoms. The Hall–Kier alpha value is -3.78. The highest BCUT2D eigenvalue weighted by Crippen LogP contribution is 2.36. The maximum atomic E-state index is 13.0. The number of fused-ring (bicyclic) bond motifs is 1. The van der Waals surface area contributed by atoms with Crippen molar-refractivity contribution in [1.82, 2.24) is 14.5 Å². The molecule has 0 amide bonds. The molecule has 212 valence electrons. The molecule has 0 bridgehead atoms. The number of imidazole rings is 1. The molecule has 0 saturated carbocycles. The predicted octanol–water partition coefficient (Wildman–Crippen LogP) is 6.58. The molecule has 2 fully saturated rings. The van der Waals surface area contributed by atoms with Crippen LogP contribution in [-0.4, -0.2) is 42.4 Å². The van der Waals surface area contributed by atoms with Crippen molar-refractivity contribution in [3.8, 4) is 0 Å². The molecule has 0 radical (unpaired) electrons. The van der Waals surface area contributed by atoms with E-state index in [1.165, 1.54) is 6.26 Å². The Morgan fingerprint density at radius 1 is 1.02 bits per heavy atom. The summed E-state index contributed by atoms with van der Waals surface area (Å²) in [6, 6.07) is 14.9. The largest absolute Gasteiger partial charge is 0.374 e. The lowest BCUT2D eigenvalue weighted by atomic mass is 10.1. The summed E-state index contributed by atoms with van der Waals surface area (Å²) in [7, 11) is -3.55. The van der Waals surface area contributed by atoms with Crippen molar-refractivity contribution in [2.45, 2.75) is 62.7 Å². The SMILES string of the molecule is [C-]#[N+]c1cccc(Cc2cc(Nc3ccc(C4CCCO4)cc3S(C)(=O)=O)c3nc(C)n(C4CCCCO4)c3n2)c1. The van der Waals surface area contributed by atoms with Gasteiger partial charge in [0.15, 0.2) is 21.2 Å². The zero-order chi connectivity index (χ0) is 28.6. The maximum absolute atomic E-state index is 13.0. The third-order valence-electron chi connectivity index (χ3n) is 7.72. The summed E-state index contributed by atoms with van der Waals surface area (Å²) in [6.07, 6.45) is 6.27. The van der Waals surface area contributed by atoms with Crippen molar-refractivity contribution in [1.29, 1.82) is 0 Å². The van der Waals surface area contributed by atoms with Gasteiger partial charge in [-0.25, -0.2) is 23.2 Å². The van der Waals surface area contributed by atoms with Gasteiger partial charge in [0.05, 0.1) is 28.9 Å². The van der Waals surface area contributed by atoms with Crippen LogP contribution in [0.15, 0.2) is 53.4 Å². The molecule has 2 unspecified atom stereocenters. The molecule has 41 heavy (non-hydrogen) atoms. The summed E-state index contributed by atoms with van der Waals surface area (Å²) in [5.74, 6) is 0.784. The number of hydrogen-bond acceptors (Lipinski definition) is 7. The summed E-state index contributed by atoms with van der Waals surface area (Å²) in [6.45, 7) is 10.7. The van der Waals surface area contributed by atoms with Crippen LogP contribution in [0.3, 0.4) is 0 Å². The molecule has 4 aromatic rings. The number of sulfone groups is 1. The first-order valence-corrected chi connectivity index (χ1v) is 15.9. The van der Waals surface area contributed by atoms with E-state index in [0.717, 1.165) is 54.7 Å². The zero-order valence-electron chi connectivity index (χ0n) is 23.3. The minimum absolute atomic E-state index is 0.0937. The topological polar surface area (TPSA) is 99.7 Å². The van der Waals surface area contributed by atoms with E-state index in [0.29, 0.717) is 47.9 Å². The zero-order valence-corrected chi connectivity index (χ0v) is 24.1. The Morgan fingerprint density at radius 2 is 1.88 bits per heavy atom. The second-order valence-electron chi connectivity index (χ2n) is 10.8. The second kappa shape index (κ2) is 11.2. The highest BCUT2D eigenvalue weighted by Gasteiger charge is 2.25. The average molecular weight is 572 g/mol. The lowest BCUT2D eigenvalue weighted by molar-refractivity contribution is -0.0309. The van der Waals surface area contributed by atoms with Crippen molar-refractivity contribution < 1.29 is 17.9 Å². The van der Waals surface area contributed by atoms with Gasteiger partial charge in [-0.15, -0.1) is 0 Å². The van der Waals surface area contributed by atoms with E-state index in [9.17, 15) is 8.42 Å². The number of nitrogens with zero attached hydrogens (tertiary/aromatic N) is 4. The fourth-order valence-electron chi connectivity index (χ4n) is 5.76. The quantitative estimate of drug-likeness (QED) is 0.250. The lowest BCUT2D eigenvalue weighted by Gasteiger charge is -2.25. The van der Waals surface area contributed by atoms with E-state index in [2.05, 4.69) is 14.7 Å². The Labute approximate surface area is 240 Å². The van der Waals surface area contributed by atoms with Gasteiger partial charge in [-0.3, -0.25) is 4.57 Å². The Bertz CT molecular complexity index is 1750. The van der Waals surface area contributed by atoms with Gasteiger partial charge < -0.3 is 14.8 Å². The molecule has 2 aromatic carbocycles. The third-order valence-corrected chi connectivity index (χ3v) is 8.86. The monoisotopic (exact) mass is 571 g/mol. The number of rotatable bonds is 7. The normalized spacial score (nSPS) is 19.3. The Balaban J connectivity index is 1.47. The van der Waals surface area contributed by atoms with E-state index >= 15 is 0 Å². The van der Waals surface area contributed by atoms with Gasteiger partial charge in [0.25, 0.3) is 0 Å². The van der Waals surface area contributed by atoms with Crippen LogP contribution in [0.4, 0.5) is 17.1 Å². The first-order chi connectivity index (χ1) is 19.8. The van der Waals surface area contributed by atoms with E-state index in [1.807, 2.05) is 43.3 Å². The standard InChI is InChI=1S/C31H33N5O4S/c1-20-33-30-26(35-25-13-12-22(27-10-7-15-39-27)18-28(25)41(3,37)38)19-24(17-21-8-6-9-23(16-21)32-2)34-31(30)36(20)29-11-4-5-14-40-29/h6,8-9,12-13,16,18-19,27,29H,4-5,7,10-11,14-15,17H2,1,3H3,(H,34,35). The van der Waals surface area contributed by atoms with Crippen LogP contribution in [-0.2, 0) is 25.7 Å². The van der Waals surface area contributed by atoms with Gasteiger partial charge in [-0.05, 0) is 62.8 Å². The summed E-state index contributed by atoms with van der Waals surface area (Å²) in [4.78, 5) is 13.7. The van der Waals surface area contributed by atoms with Gasteiger partial charge in [0.2, 0.25) is 0 Å². The van der Waals surface area contributed by atoms with Crippen molar-refractivity contribution in [2.24, 2.45) is 0 Å². The van der Waals surface area contributed by atoms with Gasteiger partial charge in [-0.2, -0.15) is 0 Å². The fourth-order valence-corrected chi connectivity index (χ4v) is 6.63. The predicted molar refractivity (Wildman–Crippen MR) is 157 cm³/mol. The third kappa shape index (κ3) is 5.71. The van der Waals surface area contributed by atoms with Gasteiger partial charge >= 0.3 is 0 Å². The molecular weight excluding hydrogens is 538 g/mol. The van der Waals surface area contributed by atoms with E-state index < -0.39 is 9.84 Å². The number of pyridine rings is 1. The lowest BCUT2D eigenvalue weighted by Crippen LogP contribution is -2.19. The molecule has 6 rings (SSSR count). The highest BCUT2D eigenvalue weighted by molar-refractivity contribution is 7.90.